The van der Waals surface area contributed by atoms with Gasteiger partial charge >= 0.3 is 6.36 Å². The third-order valence-electron chi connectivity index (χ3n) is 6.27. The van der Waals surface area contributed by atoms with Gasteiger partial charge in [0.2, 0.25) is 0 Å². The lowest BCUT2D eigenvalue weighted by Gasteiger charge is -2.13. The summed E-state index contributed by atoms with van der Waals surface area (Å²) in [5, 5.41) is 29.1. The first-order valence-electron chi connectivity index (χ1n) is 13.1. The van der Waals surface area contributed by atoms with E-state index in [4.69, 9.17) is 4.74 Å². The molecule has 216 valence electrons. The number of aromatic nitrogens is 7. The summed E-state index contributed by atoms with van der Waals surface area (Å²) in [7, 11) is 0. The number of unbranched alkanes of at least 4 members (excludes halogenated alkanes) is 1. The molecule has 0 aliphatic heterocycles. The molecule has 41 heavy (non-hydrogen) atoms. The molecule has 4 N–H and O–H groups in total. The second kappa shape index (κ2) is 13.3. The number of rotatable bonds is 15. The molecule has 0 aliphatic rings. The number of nitrogens with one attached hydrogen (secondary N) is 4. The Kier molecular flexibility index (Phi) is 9.11. The number of anilines is 1. The van der Waals surface area contributed by atoms with E-state index in [0.29, 0.717) is 50.4 Å². The summed E-state index contributed by atoms with van der Waals surface area (Å²) in [4.78, 5) is 0. The fraction of sp³-hybridized carbons (Fsp3) is 0.333. The van der Waals surface area contributed by atoms with Crippen molar-refractivity contribution in [2.75, 3.05) is 31.6 Å². The van der Waals surface area contributed by atoms with Crippen LogP contribution in [0.25, 0.3) is 16.6 Å². The van der Waals surface area contributed by atoms with Crippen LogP contribution in [0.2, 0.25) is 0 Å². The van der Waals surface area contributed by atoms with Crippen LogP contribution in [-0.2, 0) is 17.7 Å². The first-order chi connectivity index (χ1) is 19.9. The van der Waals surface area contributed by atoms with Crippen molar-refractivity contribution in [2.24, 2.45) is 0 Å². The topological polar surface area (TPSA) is 131 Å². The molecule has 5 aromatic rings. The van der Waals surface area contributed by atoms with Gasteiger partial charge in [-0.2, -0.15) is 10.2 Å². The summed E-state index contributed by atoms with van der Waals surface area (Å²) in [6.07, 6.45) is 5.83. The molecule has 0 fully saturated rings. The van der Waals surface area contributed by atoms with Crippen molar-refractivity contribution in [2.45, 2.75) is 32.2 Å². The highest BCUT2D eigenvalue weighted by atomic mass is 19.4. The summed E-state index contributed by atoms with van der Waals surface area (Å²) in [6.45, 7) is 2.90. The third kappa shape index (κ3) is 8.28. The Labute approximate surface area is 233 Å². The lowest BCUT2D eigenvalue weighted by atomic mass is 10.0. The Morgan fingerprint density at radius 1 is 0.878 bits per heavy atom. The molecule has 2 aromatic carbocycles. The van der Waals surface area contributed by atoms with Crippen LogP contribution >= 0.6 is 0 Å². The van der Waals surface area contributed by atoms with Crippen molar-refractivity contribution in [3.63, 3.8) is 0 Å². The smallest absolute Gasteiger partial charge is 0.406 e. The van der Waals surface area contributed by atoms with Gasteiger partial charge in [0, 0.05) is 43.4 Å². The number of halogens is 3. The zero-order valence-electron chi connectivity index (χ0n) is 22.1. The van der Waals surface area contributed by atoms with Gasteiger partial charge in [0.05, 0.1) is 30.2 Å². The molecule has 0 aliphatic carbocycles. The van der Waals surface area contributed by atoms with Crippen molar-refractivity contribution in [3.05, 3.63) is 78.3 Å². The van der Waals surface area contributed by atoms with Gasteiger partial charge in [-0.05, 0) is 60.3 Å². The maximum absolute atomic E-state index is 12.8. The molecule has 0 saturated heterocycles. The second-order valence-corrected chi connectivity index (χ2v) is 9.43. The zero-order chi connectivity index (χ0) is 28.5. The first kappa shape index (κ1) is 28.1. The van der Waals surface area contributed by atoms with Crippen molar-refractivity contribution in [1.29, 1.82) is 0 Å². The Morgan fingerprint density at radius 2 is 1.73 bits per heavy atom. The summed E-state index contributed by atoms with van der Waals surface area (Å²) >= 11 is 0. The maximum Gasteiger partial charge on any atom is 0.573 e. The lowest BCUT2D eigenvalue weighted by Crippen LogP contribution is -2.18. The Bertz CT molecular complexity index is 1500. The standard InChI is InChI=1S/C27H30F3N9O2/c28-27(29,30)41-23-9-19(8-21-14-33-34-15-21)7-20(10-23)13-31-3-1-2-5-40-6-4-32-25-11-22(39-17-36-37-18-39)12-26-24(25)16-35-38-26/h7,9-12,14-18,31-32H,1-6,8,13H2,(H,33,34)(H,35,38). The molecule has 0 unspecified atom stereocenters. The van der Waals surface area contributed by atoms with Gasteiger partial charge in [0.15, 0.2) is 0 Å². The van der Waals surface area contributed by atoms with Crippen LogP contribution in [0.5, 0.6) is 5.75 Å². The number of ether oxygens (including phenoxy) is 2. The maximum atomic E-state index is 12.8. The van der Waals surface area contributed by atoms with E-state index in [9.17, 15) is 13.2 Å². The zero-order valence-corrected chi connectivity index (χ0v) is 22.1. The molecule has 14 heteroatoms. The summed E-state index contributed by atoms with van der Waals surface area (Å²) < 4.78 is 50.2. The minimum Gasteiger partial charge on any atom is -0.406 e. The SMILES string of the molecule is FC(F)(F)Oc1cc(CNCCCCOCCNc2cc(-n3cnnc3)cc3[nH]ncc23)cc(Cc2cn[nH]c2)c1. The predicted octanol–water partition coefficient (Wildman–Crippen LogP) is 4.35. The van der Waals surface area contributed by atoms with Crippen LogP contribution in [0.3, 0.4) is 0 Å². The highest BCUT2D eigenvalue weighted by Gasteiger charge is 2.31. The molecule has 3 aromatic heterocycles. The fourth-order valence-electron chi connectivity index (χ4n) is 4.45. The van der Waals surface area contributed by atoms with Crippen molar-refractivity contribution >= 4 is 16.6 Å². The number of hydrogen-bond acceptors (Lipinski definition) is 8. The van der Waals surface area contributed by atoms with Gasteiger partial charge in [-0.15, -0.1) is 23.4 Å². The van der Waals surface area contributed by atoms with E-state index in [1.54, 1.807) is 31.2 Å². The number of nitrogens with zero attached hydrogens (tertiary/aromatic N) is 5. The molecule has 0 atom stereocenters. The van der Waals surface area contributed by atoms with E-state index in [2.05, 4.69) is 46.0 Å². The highest BCUT2D eigenvalue weighted by Crippen LogP contribution is 2.27. The quantitative estimate of drug-likeness (QED) is 0.137. The summed E-state index contributed by atoms with van der Waals surface area (Å²) in [5.41, 5.74) is 5.06. The van der Waals surface area contributed by atoms with Gasteiger partial charge in [0.1, 0.15) is 18.4 Å². The van der Waals surface area contributed by atoms with Gasteiger partial charge in [-0.1, -0.05) is 6.07 Å². The number of hydrogen-bond donors (Lipinski definition) is 4. The van der Waals surface area contributed by atoms with Crippen molar-refractivity contribution < 1.29 is 22.6 Å². The Balaban J connectivity index is 1.01. The van der Waals surface area contributed by atoms with E-state index in [1.165, 1.54) is 12.1 Å². The van der Waals surface area contributed by atoms with E-state index in [-0.39, 0.29) is 5.75 Å². The predicted molar refractivity (Wildman–Crippen MR) is 146 cm³/mol. The molecule has 5 rings (SSSR count). The van der Waals surface area contributed by atoms with Gasteiger partial charge in [0.25, 0.3) is 0 Å². The average Bonchev–Trinajstić information content (AvgIpc) is 3.71. The van der Waals surface area contributed by atoms with Crippen LogP contribution in [0.15, 0.2) is 61.6 Å². The highest BCUT2D eigenvalue weighted by molar-refractivity contribution is 5.93. The van der Waals surface area contributed by atoms with Crippen molar-refractivity contribution in [3.8, 4) is 11.4 Å². The summed E-state index contributed by atoms with van der Waals surface area (Å²) in [5.74, 6) is -0.226. The number of benzene rings is 2. The average molecular weight is 570 g/mol. The first-order valence-corrected chi connectivity index (χ1v) is 13.1. The van der Waals surface area contributed by atoms with E-state index >= 15 is 0 Å². The molecule has 0 bridgehead atoms. The molecule has 0 spiro atoms. The van der Waals surface area contributed by atoms with E-state index < -0.39 is 6.36 Å². The third-order valence-corrected chi connectivity index (χ3v) is 6.27. The van der Waals surface area contributed by atoms with Gasteiger partial charge < -0.3 is 20.1 Å². The number of aromatic amines is 2. The fourth-order valence-corrected chi connectivity index (χ4v) is 4.45. The van der Waals surface area contributed by atoms with E-state index in [0.717, 1.165) is 40.7 Å². The van der Waals surface area contributed by atoms with Gasteiger partial charge in [-0.3, -0.25) is 14.8 Å². The van der Waals surface area contributed by atoms with Crippen LogP contribution in [0.4, 0.5) is 18.9 Å². The monoisotopic (exact) mass is 569 g/mol. The van der Waals surface area contributed by atoms with E-state index in [1.807, 2.05) is 22.8 Å². The molecule has 0 amide bonds. The molecule has 3 heterocycles. The summed E-state index contributed by atoms with van der Waals surface area (Å²) in [6, 6.07) is 8.68. The Morgan fingerprint density at radius 3 is 2.54 bits per heavy atom. The van der Waals surface area contributed by atoms with Gasteiger partial charge in [-0.25, -0.2) is 0 Å². The Hall–Kier alpha value is -4.43. The largest absolute Gasteiger partial charge is 0.573 e. The molecule has 0 saturated carbocycles. The molecule has 11 nitrogen and oxygen atoms in total. The lowest BCUT2D eigenvalue weighted by molar-refractivity contribution is -0.274. The van der Waals surface area contributed by atoms with Crippen LogP contribution in [-0.4, -0.2) is 67.8 Å². The molecular formula is C27H30F3N9O2. The van der Waals surface area contributed by atoms with Crippen LogP contribution in [0.1, 0.15) is 29.5 Å². The van der Waals surface area contributed by atoms with Crippen LogP contribution < -0.4 is 15.4 Å². The normalized spacial score (nSPS) is 11.8. The molecule has 0 radical (unpaired) electrons. The molecular weight excluding hydrogens is 539 g/mol. The number of H-pyrrole nitrogens is 2. The van der Waals surface area contributed by atoms with Crippen LogP contribution in [0, 0.1) is 0 Å². The number of fused-ring (bicyclic) bond motifs is 1. The number of alkyl halides is 3. The minimum atomic E-state index is -4.75. The van der Waals surface area contributed by atoms with Crippen molar-refractivity contribution in [1.82, 2.24) is 40.5 Å². The second-order valence-electron chi connectivity index (χ2n) is 9.43. The minimum absolute atomic E-state index is 0.226.